The molecule has 2 aliphatic heterocycles. The van der Waals surface area contributed by atoms with Crippen molar-refractivity contribution in [3.05, 3.63) is 71.8 Å². The highest BCUT2D eigenvalue weighted by Crippen LogP contribution is 2.46. The van der Waals surface area contributed by atoms with Gasteiger partial charge in [0.25, 0.3) is 5.91 Å². The Kier molecular flexibility index (Phi) is 7.42. The smallest absolute Gasteiger partial charge is 0.414 e. The van der Waals surface area contributed by atoms with E-state index in [4.69, 9.17) is 4.74 Å². The maximum Gasteiger partial charge on any atom is 0.414 e. The summed E-state index contributed by atoms with van der Waals surface area (Å²) in [5.74, 6) is -1.30. The van der Waals surface area contributed by atoms with Gasteiger partial charge in [-0.1, -0.05) is 49.4 Å². The molecule has 0 unspecified atom stereocenters. The van der Waals surface area contributed by atoms with Crippen LogP contribution < -0.4 is 9.80 Å². The van der Waals surface area contributed by atoms with Gasteiger partial charge in [0, 0.05) is 43.7 Å². The fraction of sp³-hybridized carbons (Fsp3) is 0.370. The van der Waals surface area contributed by atoms with Gasteiger partial charge in [-0.05, 0) is 23.8 Å². The van der Waals surface area contributed by atoms with Crippen LogP contribution in [0.3, 0.4) is 0 Å². The van der Waals surface area contributed by atoms with Crippen LogP contribution in [0, 0.1) is 5.92 Å². The van der Waals surface area contributed by atoms with Gasteiger partial charge in [0.05, 0.1) is 18.8 Å². The lowest BCUT2D eigenvalue weighted by Crippen LogP contribution is -2.43. The Bertz CT molecular complexity index is 1170. The number of ether oxygens (including phenoxy) is 1. The summed E-state index contributed by atoms with van der Waals surface area (Å²) in [4.78, 5) is 42.4. The van der Waals surface area contributed by atoms with Crippen molar-refractivity contribution in [1.82, 2.24) is 4.90 Å². The number of anilines is 2. The fourth-order valence-electron chi connectivity index (χ4n) is 4.70. The summed E-state index contributed by atoms with van der Waals surface area (Å²) in [5, 5.41) is 21.0. The van der Waals surface area contributed by atoms with Crippen molar-refractivity contribution in [2.45, 2.75) is 25.5 Å². The molecule has 2 aliphatic rings. The number of nitrogens with zero attached hydrogens (tertiary/aromatic N) is 3. The van der Waals surface area contributed by atoms with Gasteiger partial charge in [-0.15, -0.1) is 0 Å². The number of aliphatic hydroxyl groups is 2. The quantitative estimate of drug-likeness (QED) is 0.519. The molecule has 1 saturated heterocycles. The van der Waals surface area contributed by atoms with Crippen LogP contribution in [0.2, 0.25) is 0 Å². The lowest BCUT2D eigenvalue weighted by molar-refractivity contribution is -0.139. The summed E-state index contributed by atoms with van der Waals surface area (Å²) in [5.41, 5.74) is 0.622. The number of fused-ring (bicyclic) bond motifs is 1. The zero-order chi connectivity index (χ0) is 25.9. The van der Waals surface area contributed by atoms with Crippen molar-refractivity contribution in [2.24, 2.45) is 5.92 Å². The van der Waals surface area contributed by atoms with E-state index in [1.165, 1.54) is 9.80 Å². The second kappa shape index (κ2) is 10.5. The molecule has 0 bridgehead atoms. The molecule has 0 saturated carbocycles. The Labute approximate surface area is 210 Å². The molecule has 0 aromatic heterocycles. The maximum atomic E-state index is 13.1. The van der Waals surface area contributed by atoms with E-state index in [0.29, 0.717) is 30.0 Å². The molecule has 1 fully saturated rings. The minimum Gasteiger partial charge on any atom is -0.447 e. The van der Waals surface area contributed by atoms with Gasteiger partial charge in [0.15, 0.2) is 5.60 Å². The van der Waals surface area contributed by atoms with Gasteiger partial charge in [-0.25, -0.2) is 4.79 Å². The first-order valence-corrected chi connectivity index (χ1v) is 12.0. The summed E-state index contributed by atoms with van der Waals surface area (Å²) >= 11 is 0. The third-order valence-electron chi connectivity index (χ3n) is 6.77. The standard InChI is InChI=1S/C27H31N3O6/c1-19(7-6-10-24(32)29(13-15-31)18-20-8-4-3-5-9-20)27(35)22-17-21(30-14-16-36-26(30)34)11-12-23(22)28(2)25(27)33/h3-9,11-12,17,19,31,35H,10,13-16,18H2,1-2H3/b7-6+/t19-,27+/m0/s1. The van der Waals surface area contributed by atoms with Crippen LogP contribution in [0.25, 0.3) is 0 Å². The number of carbonyl (C=O) groups is 3. The van der Waals surface area contributed by atoms with E-state index in [0.717, 1.165) is 5.56 Å². The van der Waals surface area contributed by atoms with Crippen LogP contribution >= 0.6 is 0 Å². The lowest BCUT2D eigenvalue weighted by atomic mass is 9.82. The summed E-state index contributed by atoms with van der Waals surface area (Å²) in [7, 11) is 1.60. The SMILES string of the molecule is C[C@@H](/C=C/CC(=O)N(CCO)Cc1ccccc1)[C@]1(O)C(=O)N(C)c2ccc(N3CCOC3=O)cc21. The molecular weight excluding hydrogens is 462 g/mol. The Morgan fingerprint density at radius 1 is 1.22 bits per heavy atom. The largest absolute Gasteiger partial charge is 0.447 e. The van der Waals surface area contributed by atoms with Gasteiger partial charge in [-0.2, -0.15) is 0 Å². The molecule has 4 rings (SSSR count). The molecule has 2 heterocycles. The highest BCUT2D eigenvalue weighted by atomic mass is 16.6. The van der Waals surface area contributed by atoms with Crippen LogP contribution in [0.5, 0.6) is 0 Å². The van der Waals surface area contributed by atoms with E-state index in [-0.39, 0.29) is 32.1 Å². The molecule has 0 radical (unpaired) electrons. The van der Waals surface area contributed by atoms with E-state index in [2.05, 4.69) is 0 Å². The van der Waals surface area contributed by atoms with E-state index in [1.807, 2.05) is 30.3 Å². The van der Waals surface area contributed by atoms with Crippen molar-refractivity contribution in [1.29, 1.82) is 0 Å². The second-order valence-electron chi connectivity index (χ2n) is 9.04. The van der Waals surface area contributed by atoms with Crippen molar-refractivity contribution in [3.8, 4) is 0 Å². The maximum absolute atomic E-state index is 13.1. The zero-order valence-electron chi connectivity index (χ0n) is 20.5. The summed E-state index contributed by atoms with van der Waals surface area (Å²) in [6.45, 7) is 2.83. The highest BCUT2D eigenvalue weighted by molar-refractivity contribution is 6.07. The van der Waals surface area contributed by atoms with Crippen molar-refractivity contribution >= 4 is 29.3 Å². The predicted octanol–water partition coefficient (Wildman–Crippen LogP) is 2.41. The second-order valence-corrected chi connectivity index (χ2v) is 9.04. The van der Waals surface area contributed by atoms with E-state index < -0.39 is 23.5 Å². The van der Waals surface area contributed by atoms with Gasteiger partial charge in [0.1, 0.15) is 6.61 Å². The first-order valence-electron chi connectivity index (χ1n) is 12.0. The number of rotatable bonds is 9. The van der Waals surface area contributed by atoms with Crippen LogP contribution in [0.15, 0.2) is 60.7 Å². The third-order valence-corrected chi connectivity index (χ3v) is 6.77. The normalized spacial score (nSPS) is 20.1. The molecule has 2 aromatic rings. The van der Waals surface area contributed by atoms with Crippen LogP contribution in [0.1, 0.15) is 24.5 Å². The first-order chi connectivity index (χ1) is 17.3. The molecule has 9 nitrogen and oxygen atoms in total. The summed E-state index contributed by atoms with van der Waals surface area (Å²) in [6, 6.07) is 14.6. The molecule has 2 N–H and O–H groups in total. The summed E-state index contributed by atoms with van der Waals surface area (Å²) < 4.78 is 5.01. The van der Waals surface area contributed by atoms with Gasteiger partial charge in [0.2, 0.25) is 5.91 Å². The molecule has 3 amide bonds. The lowest BCUT2D eigenvalue weighted by Gasteiger charge is -2.27. The molecule has 9 heteroatoms. The average molecular weight is 494 g/mol. The highest BCUT2D eigenvalue weighted by Gasteiger charge is 2.51. The van der Waals surface area contributed by atoms with Crippen molar-refractivity contribution < 1.29 is 29.3 Å². The Balaban J connectivity index is 1.51. The van der Waals surface area contributed by atoms with Crippen molar-refractivity contribution in [3.63, 3.8) is 0 Å². The van der Waals surface area contributed by atoms with E-state index in [9.17, 15) is 24.6 Å². The number of carbonyl (C=O) groups excluding carboxylic acids is 3. The number of hydrogen-bond donors (Lipinski definition) is 2. The Morgan fingerprint density at radius 2 is 1.97 bits per heavy atom. The molecular formula is C27H31N3O6. The van der Waals surface area contributed by atoms with Crippen LogP contribution in [0.4, 0.5) is 16.2 Å². The van der Waals surface area contributed by atoms with Gasteiger partial charge < -0.3 is 24.7 Å². The minimum absolute atomic E-state index is 0.0593. The van der Waals surface area contributed by atoms with Gasteiger partial charge in [-0.3, -0.25) is 14.5 Å². The summed E-state index contributed by atoms with van der Waals surface area (Å²) in [6.07, 6.45) is 2.90. The number of aliphatic hydroxyl groups excluding tert-OH is 1. The molecule has 0 spiro atoms. The van der Waals surface area contributed by atoms with Crippen LogP contribution in [-0.4, -0.2) is 66.4 Å². The molecule has 190 valence electrons. The number of benzene rings is 2. The van der Waals surface area contributed by atoms with E-state index >= 15 is 0 Å². The molecule has 2 atom stereocenters. The zero-order valence-corrected chi connectivity index (χ0v) is 20.5. The number of hydrogen-bond acceptors (Lipinski definition) is 6. The fourth-order valence-corrected chi connectivity index (χ4v) is 4.70. The van der Waals surface area contributed by atoms with E-state index in [1.54, 1.807) is 49.2 Å². The molecule has 36 heavy (non-hydrogen) atoms. The number of amides is 3. The van der Waals surface area contributed by atoms with Gasteiger partial charge >= 0.3 is 6.09 Å². The Hall–Kier alpha value is -3.69. The monoisotopic (exact) mass is 493 g/mol. The third kappa shape index (κ3) is 4.72. The predicted molar refractivity (Wildman–Crippen MR) is 134 cm³/mol. The average Bonchev–Trinajstić information content (AvgIpc) is 3.39. The number of likely N-dealkylation sites (N-methyl/N-ethyl adjacent to an activating group) is 1. The molecule has 2 aromatic carbocycles. The topological polar surface area (TPSA) is 111 Å². The first kappa shape index (κ1) is 25.4. The number of cyclic esters (lactones) is 1. The Morgan fingerprint density at radius 3 is 2.64 bits per heavy atom. The molecule has 0 aliphatic carbocycles. The van der Waals surface area contributed by atoms with Crippen molar-refractivity contribution in [2.75, 3.05) is 43.2 Å². The minimum atomic E-state index is -1.85. The van der Waals surface area contributed by atoms with Crippen LogP contribution in [-0.2, 0) is 26.5 Å².